The maximum Gasteiger partial charge on any atom is 0.305 e. The van der Waals surface area contributed by atoms with Crippen molar-refractivity contribution in [3.05, 3.63) is 162 Å². The normalized spacial score (nSPS) is 11.1. The molecular formula is C42H44O7. The van der Waals surface area contributed by atoms with Gasteiger partial charge >= 0.3 is 5.97 Å². The summed E-state index contributed by atoms with van der Waals surface area (Å²) >= 11 is 0. The van der Waals surface area contributed by atoms with E-state index in [-0.39, 0.29) is 5.97 Å². The molecule has 0 bridgehead atoms. The van der Waals surface area contributed by atoms with Crippen molar-refractivity contribution < 1.29 is 33.2 Å². The minimum Gasteiger partial charge on any atom is -0.494 e. The summed E-state index contributed by atoms with van der Waals surface area (Å²) in [6.45, 7) is 3.17. The first-order chi connectivity index (χ1) is 24.2. The molecule has 0 aliphatic rings. The lowest BCUT2D eigenvalue weighted by Gasteiger charge is -2.36. The van der Waals surface area contributed by atoms with Gasteiger partial charge in [-0.2, -0.15) is 0 Å². The second-order valence-corrected chi connectivity index (χ2v) is 11.3. The average molecular weight is 661 g/mol. The lowest BCUT2D eigenvalue weighted by atomic mass is 9.65. The molecule has 0 N–H and O–H groups in total. The molecule has 0 fully saturated rings. The monoisotopic (exact) mass is 660 g/mol. The van der Waals surface area contributed by atoms with Crippen molar-refractivity contribution >= 4 is 5.97 Å². The Hall–Kier alpha value is -5.11. The molecule has 7 heteroatoms. The Morgan fingerprint density at radius 1 is 0.449 bits per heavy atom. The van der Waals surface area contributed by atoms with E-state index in [0.29, 0.717) is 59.1 Å². The Morgan fingerprint density at radius 2 is 0.796 bits per heavy atom. The summed E-state index contributed by atoms with van der Waals surface area (Å²) in [5.74, 6) is 2.02. The largest absolute Gasteiger partial charge is 0.494 e. The van der Waals surface area contributed by atoms with Crippen molar-refractivity contribution in [1.82, 2.24) is 0 Å². The smallest absolute Gasteiger partial charge is 0.305 e. The summed E-state index contributed by atoms with van der Waals surface area (Å²) in [6, 6.07) is 47.8. The maximum absolute atomic E-state index is 11.2. The summed E-state index contributed by atoms with van der Waals surface area (Å²) in [7, 11) is 1.38. The Kier molecular flexibility index (Phi) is 13.7. The van der Waals surface area contributed by atoms with E-state index in [4.69, 9.17) is 23.7 Å². The van der Waals surface area contributed by atoms with E-state index in [1.807, 2.05) is 36.4 Å². The van der Waals surface area contributed by atoms with Gasteiger partial charge < -0.3 is 28.4 Å². The van der Waals surface area contributed by atoms with Gasteiger partial charge in [0, 0.05) is 6.42 Å². The Morgan fingerprint density at radius 3 is 1.20 bits per heavy atom. The number of hydrogen-bond acceptors (Lipinski definition) is 7. The van der Waals surface area contributed by atoms with Crippen LogP contribution in [0.25, 0.3) is 0 Å². The molecule has 49 heavy (non-hydrogen) atoms. The molecule has 7 nitrogen and oxygen atoms in total. The number of rotatable bonds is 20. The van der Waals surface area contributed by atoms with Crippen molar-refractivity contribution in [2.45, 2.75) is 18.3 Å². The second kappa shape index (κ2) is 19.0. The van der Waals surface area contributed by atoms with Crippen LogP contribution in [0.2, 0.25) is 0 Å². The molecule has 0 aliphatic carbocycles. The molecular weight excluding hydrogens is 616 g/mol. The minimum atomic E-state index is -0.482. The molecule has 0 heterocycles. The maximum atomic E-state index is 11.2. The zero-order valence-corrected chi connectivity index (χ0v) is 28.0. The van der Waals surface area contributed by atoms with Crippen molar-refractivity contribution in [3.8, 4) is 17.2 Å². The third-order valence-corrected chi connectivity index (χ3v) is 8.12. The molecule has 0 aliphatic heterocycles. The van der Waals surface area contributed by atoms with E-state index in [0.717, 1.165) is 22.8 Å². The van der Waals surface area contributed by atoms with Crippen molar-refractivity contribution in [2.24, 2.45) is 0 Å². The third-order valence-electron chi connectivity index (χ3n) is 8.12. The Labute approximate surface area is 289 Å². The van der Waals surface area contributed by atoms with E-state index in [9.17, 15) is 4.79 Å². The number of benzene rings is 5. The Bertz CT molecular complexity index is 1540. The first-order valence-electron chi connectivity index (χ1n) is 16.7. The van der Waals surface area contributed by atoms with Gasteiger partial charge in [-0.25, -0.2) is 0 Å². The SMILES string of the molecule is COC(=O)CCCOc1ccc(OCCOCCOCCOc2ccc(C(c3ccccc3)(c3ccccc3)c3ccccc3)cc2)cc1. The summed E-state index contributed by atoms with van der Waals surface area (Å²) in [6.07, 6.45) is 0.946. The van der Waals surface area contributed by atoms with Crippen molar-refractivity contribution in [1.29, 1.82) is 0 Å². The molecule has 254 valence electrons. The molecule has 0 saturated heterocycles. The van der Waals surface area contributed by atoms with E-state index in [1.165, 1.54) is 23.8 Å². The number of carbonyl (C=O) groups is 1. The number of ether oxygens (including phenoxy) is 6. The highest BCUT2D eigenvalue weighted by molar-refractivity contribution is 5.69. The van der Waals surface area contributed by atoms with Gasteiger partial charge in [0.05, 0.1) is 45.6 Å². The zero-order valence-electron chi connectivity index (χ0n) is 28.0. The first-order valence-corrected chi connectivity index (χ1v) is 16.7. The molecule has 0 unspecified atom stereocenters. The van der Waals surface area contributed by atoms with Crippen LogP contribution in [0.5, 0.6) is 17.2 Å². The van der Waals surface area contributed by atoms with Gasteiger partial charge in [-0.05, 0) is 65.1 Å². The van der Waals surface area contributed by atoms with Gasteiger partial charge in [-0.1, -0.05) is 103 Å². The highest BCUT2D eigenvalue weighted by atomic mass is 16.6. The lowest BCUT2D eigenvalue weighted by Crippen LogP contribution is -2.30. The van der Waals surface area contributed by atoms with Crippen LogP contribution in [0.3, 0.4) is 0 Å². The summed E-state index contributed by atoms with van der Waals surface area (Å²) < 4.78 is 33.4. The average Bonchev–Trinajstić information content (AvgIpc) is 3.17. The molecule has 0 spiro atoms. The zero-order chi connectivity index (χ0) is 34.0. The number of carbonyl (C=O) groups excluding carboxylic acids is 1. The fourth-order valence-electron chi connectivity index (χ4n) is 5.77. The second-order valence-electron chi connectivity index (χ2n) is 11.3. The summed E-state index contributed by atoms with van der Waals surface area (Å²) in [5, 5.41) is 0. The van der Waals surface area contributed by atoms with Crippen LogP contribution in [-0.4, -0.2) is 59.3 Å². The standard InChI is InChI=1S/C42H44O7/c1-44-41(43)18-11-27-47-39-23-25-40(26-24-39)49-33-31-46-29-28-45-30-32-48-38-21-19-37(20-22-38)42(34-12-5-2-6-13-34,35-14-7-3-8-15-35)36-16-9-4-10-17-36/h2-10,12-17,19-26H,11,18,27-33H2,1H3. The van der Waals surface area contributed by atoms with Gasteiger partial charge in [-0.3, -0.25) is 4.79 Å². The minimum absolute atomic E-state index is 0.234. The van der Waals surface area contributed by atoms with Crippen LogP contribution in [0.4, 0.5) is 0 Å². The van der Waals surface area contributed by atoms with E-state index in [1.54, 1.807) is 0 Å². The van der Waals surface area contributed by atoms with Crippen LogP contribution in [-0.2, 0) is 24.4 Å². The predicted molar refractivity (Wildman–Crippen MR) is 191 cm³/mol. The van der Waals surface area contributed by atoms with Crippen molar-refractivity contribution in [2.75, 3.05) is 53.4 Å². The van der Waals surface area contributed by atoms with Gasteiger partial charge in [0.1, 0.15) is 30.5 Å². The number of hydrogen-bond donors (Lipinski definition) is 0. The lowest BCUT2D eigenvalue weighted by molar-refractivity contribution is -0.140. The highest BCUT2D eigenvalue weighted by Gasteiger charge is 2.38. The van der Waals surface area contributed by atoms with Crippen LogP contribution in [0, 0.1) is 0 Å². The molecule has 0 saturated carbocycles. The molecule has 5 aromatic rings. The molecule has 0 aromatic heterocycles. The van der Waals surface area contributed by atoms with Crippen molar-refractivity contribution in [3.63, 3.8) is 0 Å². The number of methoxy groups -OCH3 is 1. The fraction of sp³-hybridized carbons (Fsp3) is 0.262. The first kappa shape index (κ1) is 35.2. The van der Waals surface area contributed by atoms with Crippen LogP contribution >= 0.6 is 0 Å². The molecule has 5 rings (SSSR count). The van der Waals surface area contributed by atoms with E-state index >= 15 is 0 Å². The Balaban J connectivity index is 1.03. The highest BCUT2D eigenvalue weighted by Crippen LogP contribution is 2.45. The van der Waals surface area contributed by atoms with E-state index < -0.39 is 5.41 Å². The van der Waals surface area contributed by atoms with Gasteiger partial charge in [-0.15, -0.1) is 0 Å². The third kappa shape index (κ3) is 9.95. The predicted octanol–water partition coefficient (Wildman–Crippen LogP) is 7.89. The van der Waals surface area contributed by atoms with Crippen LogP contribution in [0.15, 0.2) is 140 Å². The quantitative estimate of drug-likeness (QED) is 0.0478. The van der Waals surface area contributed by atoms with Crippen LogP contribution in [0.1, 0.15) is 35.1 Å². The van der Waals surface area contributed by atoms with Gasteiger partial charge in [0.25, 0.3) is 0 Å². The van der Waals surface area contributed by atoms with Crippen LogP contribution < -0.4 is 14.2 Å². The summed E-state index contributed by atoms with van der Waals surface area (Å²) in [4.78, 5) is 11.2. The molecule has 5 aromatic carbocycles. The molecule has 0 amide bonds. The summed E-state index contributed by atoms with van der Waals surface area (Å²) in [5.41, 5.74) is 4.29. The topological polar surface area (TPSA) is 72.5 Å². The van der Waals surface area contributed by atoms with Gasteiger partial charge in [0.15, 0.2) is 0 Å². The van der Waals surface area contributed by atoms with E-state index in [2.05, 4.69) is 108 Å². The molecule has 0 atom stereocenters. The van der Waals surface area contributed by atoms with Gasteiger partial charge in [0.2, 0.25) is 0 Å². The number of esters is 1. The fourth-order valence-corrected chi connectivity index (χ4v) is 5.77. The molecule has 0 radical (unpaired) electrons.